The van der Waals surface area contributed by atoms with E-state index < -0.39 is 0 Å². The lowest BCUT2D eigenvalue weighted by molar-refractivity contribution is 0.296. The monoisotopic (exact) mass is 234 g/mol. The molecule has 1 fully saturated rings. The summed E-state index contributed by atoms with van der Waals surface area (Å²) in [4.78, 5) is 6.14. The second-order valence-electron chi connectivity index (χ2n) is 3.70. The highest BCUT2D eigenvalue weighted by Crippen LogP contribution is 2.05. The third kappa shape index (κ3) is 2.55. The zero-order valence-corrected chi connectivity index (χ0v) is 10.00. The second-order valence-corrected chi connectivity index (χ2v) is 4.08. The number of hydrazone groups is 1. The van der Waals surface area contributed by atoms with Gasteiger partial charge in [-0.3, -0.25) is 10.4 Å². The van der Waals surface area contributed by atoms with Gasteiger partial charge in [-0.1, -0.05) is 6.07 Å². The number of nitrogens with one attached hydrogen (secondary N) is 1. The summed E-state index contributed by atoms with van der Waals surface area (Å²) < 4.78 is 0. The van der Waals surface area contributed by atoms with Crippen LogP contribution in [0.2, 0.25) is 0 Å². The molecule has 0 unspecified atom stereocenters. The van der Waals surface area contributed by atoms with Gasteiger partial charge in [-0.25, -0.2) is 0 Å². The number of hydrogen-bond donors (Lipinski definition) is 1. The molecule has 1 saturated heterocycles. The predicted molar refractivity (Wildman–Crippen MR) is 68.4 cm³/mol. The Kier molecular flexibility index (Phi) is 3.46. The van der Waals surface area contributed by atoms with Crippen LogP contribution in [-0.4, -0.2) is 33.8 Å². The molecule has 0 amide bonds. The largest absolute Gasteiger partial charge is 0.348 e. The quantitative estimate of drug-likeness (QED) is 0.477. The van der Waals surface area contributed by atoms with Crippen LogP contribution in [0.5, 0.6) is 0 Å². The minimum Gasteiger partial charge on any atom is -0.348 e. The molecule has 2 rings (SSSR count). The van der Waals surface area contributed by atoms with Gasteiger partial charge in [0.25, 0.3) is 0 Å². The summed E-state index contributed by atoms with van der Waals surface area (Å²) in [7, 11) is 0. The number of rotatable bonds is 2. The lowest BCUT2D eigenvalue weighted by atomic mass is 10.2. The number of likely N-dealkylation sites (tertiary alicyclic amines) is 1. The Labute approximate surface area is 100 Å². The van der Waals surface area contributed by atoms with Gasteiger partial charge >= 0.3 is 0 Å². The first kappa shape index (κ1) is 11.0. The van der Waals surface area contributed by atoms with E-state index in [0.717, 1.165) is 24.4 Å². The first-order chi connectivity index (χ1) is 7.77. The normalized spacial score (nSPS) is 15.6. The van der Waals surface area contributed by atoms with Crippen LogP contribution in [0.3, 0.4) is 0 Å². The fraction of sp³-hybridized carbons (Fsp3) is 0.364. The van der Waals surface area contributed by atoms with Crippen LogP contribution in [0, 0.1) is 0 Å². The molecule has 0 saturated carbocycles. The summed E-state index contributed by atoms with van der Waals surface area (Å²) in [6, 6.07) is 3.86. The summed E-state index contributed by atoms with van der Waals surface area (Å²) in [5, 5.41) is 4.94. The van der Waals surface area contributed by atoms with Crippen molar-refractivity contribution in [2.75, 3.05) is 13.1 Å². The number of nitrogens with zero attached hydrogens (tertiary/aromatic N) is 3. The van der Waals surface area contributed by atoms with Crippen molar-refractivity contribution < 1.29 is 0 Å². The maximum atomic E-state index is 5.19. The zero-order valence-electron chi connectivity index (χ0n) is 9.18. The lowest BCUT2D eigenvalue weighted by Crippen LogP contribution is -2.46. The van der Waals surface area contributed by atoms with Crippen LogP contribution in [0.4, 0.5) is 0 Å². The topological polar surface area (TPSA) is 40.5 Å². The van der Waals surface area contributed by atoms with Crippen LogP contribution in [0.15, 0.2) is 29.6 Å². The average molecular weight is 234 g/mol. The Morgan fingerprint density at radius 2 is 2.38 bits per heavy atom. The van der Waals surface area contributed by atoms with Crippen LogP contribution in [-0.2, 0) is 0 Å². The molecular formula is C11H14N4S. The molecule has 4 nitrogen and oxygen atoms in total. The zero-order chi connectivity index (χ0) is 11.4. The number of pyridine rings is 1. The van der Waals surface area contributed by atoms with E-state index in [0.29, 0.717) is 5.11 Å². The Bertz CT molecular complexity index is 398. The van der Waals surface area contributed by atoms with Gasteiger partial charge in [-0.15, -0.1) is 0 Å². The molecule has 0 spiro atoms. The van der Waals surface area contributed by atoms with Gasteiger partial charge in [-0.05, 0) is 31.6 Å². The maximum Gasteiger partial charge on any atom is 0.189 e. The van der Waals surface area contributed by atoms with Crippen molar-refractivity contribution in [1.82, 2.24) is 15.3 Å². The number of thiocarbonyl (C=S) groups is 1. The van der Waals surface area contributed by atoms with E-state index in [2.05, 4.69) is 20.4 Å². The SMILES string of the molecule is C/C(=N\NC(=S)N1CCC1)c1cccnc1. The van der Waals surface area contributed by atoms with Gasteiger partial charge in [0.05, 0.1) is 5.71 Å². The molecule has 0 radical (unpaired) electrons. The van der Waals surface area contributed by atoms with Crippen LogP contribution in [0.1, 0.15) is 18.9 Å². The van der Waals surface area contributed by atoms with E-state index in [1.165, 1.54) is 6.42 Å². The second kappa shape index (κ2) is 5.03. The van der Waals surface area contributed by atoms with Gasteiger partial charge in [0.1, 0.15) is 0 Å². The highest BCUT2D eigenvalue weighted by molar-refractivity contribution is 7.80. The smallest absolute Gasteiger partial charge is 0.189 e. The molecule has 1 N–H and O–H groups in total. The minimum atomic E-state index is 0.703. The van der Waals surface area contributed by atoms with Crippen molar-refractivity contribution >= 4 is 23.0 Å². The predicted octanol–water partition coefficient (Wildman–Crippen LogP) is 1.39. The summed E-state index contributed by atoms with van der Waals surface area (Å²) in [5.74, 6) is 0. The number of hydrogen-bond acceptors (Lipinski definition) is 3. The summed E-state index contributed by atoms with van der Waals surface area (Å²) in [5.41, 5.74) is 4.79. The van der Waals surface area contributed by atoms with E-state index in [1.54, 1.807) is 12.4 Å². The van der Waals surface area contributed by atoms with E-state index in [9.17, 15) is 0 Å². The number of aromatic nitrogens is 1. The van der Waals surface area contributed by atoms with Crippen LogP contribution >= 0.6 is 12.2 Å². The van der Waals surface area contributed by atoms with Gasteiger partial charge < -0.3 is 4.90 Å². The first-order valence-corrected chi connectivity index (χ1v) is 5.68. The lowest BCUT2D eigenvalue weighted by Gasteiger charge is -2.32. The van der Waals surface area contributed by atoms with Crippen molar-refractivity contribution in [3.05, 3.63) is 30.1 Å². The molecule has 2 heterocycles. The molecule has 0 aromatic carbocycles. The molecule has 0 aliphatic carbocycles. The minimum absolute atomic E-state index is 0.703. The molecular weight excluding hydrogens is 220 g/mol. The van der Waals surface area contributed by atoms with Crippen molar-refractivity contribution in [3.63, 3.8) is 0 Å². The maximum absolute atomic E-state index is 5.19. The summed E-state index contributed by atoms with van der Waals surface area (Å²) >= 11 is 5.19. The third-order valence-electron chi connectivity index (χ3n) is 2.54. The Morgan fingerprint density at radius 1 is 1.56 bits per heavy atom. The molecule has 1 aromatic heterocycles. The van der Waals surface area contributed by atoms with E-state index in [-0.39, 0.29) is 0 Å². The molecule has 1 aromatic rings. The fourth-order valence-corrected chi connectivity index (χ4v) is 1.59. The molecule has 1 aliphatic rings. The van der Waals surface area contributed by atoms with Crippen molar-refractivity contribution in [1.29, 1.82) is 0 Å². The van der Waals surface area contributed by atoms with Gasteiger partial charge in [0.2, 0.25) is 0 Å². The molecule has 1 aliphatic heterocycles. The Hall–Kier alpha value is -1.49. The Balaban J connectivity index is 1.94. The summed E-state index contributed by atoms with van der Waals surface area (Å²) in [6.07, 6.45) is 4.75. The standard InChI is InChI=1S/C11H14N4S/c1-9(10-4-2-5-12-8-10)13-14-11(16)15-6-3-7-15/h2,4-5,8H,3,6-7H2,1H3,(H,14,16)/b13-9+. The Morgan fingerprint density at radius 3 is 2.94 bits per heavy atom. The third-order valence-corrected chi connectivity index (χ3v) is 2.89. The molecule has 84 valence electrons. The molecule has 0 atom stereocenters. The van der Waals surface area contributed by atoms with Gasteiger partial charge in [-0.2, -0.15) is 5.10 Å². The summed E-state index contributed by atoms with van der Waals surface area (Å²) in [6.45, 7) is 4.00. The highest BCUT2D eigenvalue weighted by atomic mass is 32.1. The van der Waals surface area contributed by atoms with Gasteiger partial charge in [0.15, 0.2) is 5.11 Å². The molecule has 0 bridgehead atoms. The van der Waals surface area contributed by atoms with Crippen molar-refractivity contribution in [2.24, 2.45) is 5.10 Å². The highest BCUT2D eigenvalue weighted by Gasteiger charge is 2.16. The first-order valence-electron chi connectivity index (χ1n) is 5.27. The van der Waals surface area contributed by atoms with Gasteiger partial charge in [0, 0.05) is 31.0 Å². The fourth-order valence-electron chi connectivity index (χ4n) is 1.36. The van der Waals surface area contributed by atoms with Crippen LogP contribution in [0.25, 0.3) is 0 Å². The van der Waals surface area contributed by atoms with E-state index in [1.807, 2.05) is 19.1 Å². The van der Waals surface area contributed by atoms with Crippen LogP contribution < -0.4 is 5.43 Å². The molecule has 16 heavy (non-hydrogen) atoms. The van der Waals surface area contributed by atoms with E-state index in [4.69, 9.17) is 12.2 Å². The van der Waals surface area contributed by atoms with Crippen molar-refractivity contribution in [3.8, 4) is 0 Å². The average Bonchev–Trinajstić information content (AvgIpc) is 2.25. The van der Waals surface area contributed by atoms with E-state index >= 15 is 0 Å². The van der Waals surface area contributed by atoms with Crippen molar-refractivity contribution in [2.45, 2.75) is 13.3 Å². The molecule has 5 heteroatoms.